The highest BCUT2D eigenvalue weighted by atomic mass is 127. The summed E-state index contributed by atoms with van der Waals surface area (Å²) in [6, 6.07) is 0.00646. The number of likely N-dealkylation sites (tertiary alicyclic amines) is 1. The number of carbonyl (C=O) groups excluding carboxylic acids is 1. The van der Waals surface area contributed by atoms with Crippen molar-refractivity contribution >= 4 is 28.9 Å². The number of nitrogens with one attached hydrogen (secondary N) is 1. The van der Waals surface area contributed by atoms with Gasteiger partial charge in [-0.2, -0.15) is 0 Å². The number of methoxy groups -OCH3 is 1. The number of hydrogen-bond donors (Lipinski definition) is 1. The number of amides is 1. The molecule has 6 heteroatoms. The molecule has 0 aromatic heterocycles. The minimum Gasteiger partial charge on any atom is -0.379 e. The van der Waals surface area contributed by atoms with Gasteiger partial charge in [-0.05, 0) is 85.2 Å². The zero-order chi connectivity index (χ0) is 20.7. The first kappa shape index (κ1) is 25.1. The SMILES string of the molecule is CCC(C)(CC(C)(C)OC)NC(=O)C1CCCN1CCC(C)CC(C)OI. The van der Waals surface area contributed by atoms with Crippen LogP contribution >= 0.6 is 23.0 Å². The maximum atomic E-state index is 13.1. The molecular weight excluding hydrogens is 455 g/mol. The number of ether oxygens (including phenoxy) is 1. The first-order chi connectivity index (χ1) is 12.6. The maximum Gasteiger partial charge on any atom is 0.237 e. The van der Waals surface area contributed by atoms with Crippen LogP contribution in [0.25, 0.3) is 0 Å². The number of nitrogens with zero attached hydrogens (tertiary/aromatic N) is 1. The van der Waals surface area contributed by atoms with Crippen LogP contribution in [0.5, 0.6) is 0 Å². The number of halogens is 1. The van der Waals surface area contributed by atoms with Gasteiger partial charge in [-0.15, -0.1) is 0 Å². The largest absolute Gasteiger partial charge is 0.379 e. The number of hydrogen-bond acceptors (Lipinski definition) is 4. The van der Waals surface area contributed by atoms with Crippen molar-refractivity contribution in [3.63, 3.8) is 0 Å². The van der Waals surface area contributed by atoms with Crippen LogP contribution < -0.4 is 5.32 Å². The third-order valence-corrected chi connectivity index (χ3v) is 6.90. The van der Waals surface area contributed by atoms with Gasteiger partial charge < -0.3 is 13.1 Å². The molecule has 0 spiro atoms. The Morgan fingerprint density at radius 3 is 2.56 bits per heavy atom. The molecule has 0 saturated carbocycles. The Balaban J connectivity index is 2.61. The molecule has 1 amide bonds. The highest BCUT2D eigenvalue weighted by molar-refractivity contribution is 14.1. The zero-order valence-corrected chi connectivity index (χ0v) is 20.6. The molecule has 4 atom stereocenters. The summed E-state index contributed by atoms with van der Waals surface area (Å²) < 4.78 is 10.9. The van der Waals surface area contributed by atoms with E-state index >= 15 is 0 Å². The molecule has 5 nitrogen and oxygen atoms in total. The molecule has 0 aromatic carbocycles. The van der Waals surface area contributed by atoms with Crippen molar-refractivity contribution in [2.45, 2.75) is 103 Å². The first-order valence-corrected chi connectivity index (χ1v) is 11.3. The van der Waals surface area contributed by atoms with E-state index in [2.05, 4.69) is 51.8 Å². The second kappa shape index (κ2) is 11.3. The molecule has 160 valence electrons. The molecule has 1 aliphatic heterocycles. The molecule has 1 rings (SSSR count). The number of carbonyl (C=O) groups is 1. The Morgan fingerprint density at radius 1 is 1.33 bits per heavy atom. The molecule has 1 saturated heterocycles. The van der Waals surface area contributed by atoms with Crippen molar-refractivity contribution in [2.75, 3.05) is 20.2 Å². The summed E-state index contributed by atoms with van der Waals surface area (Å²) in [4.78, 5) is 15.4. The Hall–Kier alpha value is 0.0800. The standard InChI is InChI=1S/C21H41IN2O3/c1-8-21(6,15-20(4,5)26-7)23-19(25)18-10-9-12-24(18)13-11-16(2)14-17(3)27-22/h16-18H,8-15H2,1-7H3,(H,23,25). The normalized spacial score (nSPS) is 23.0. The van der Waals surface area contributed by atoms with Crippen LogP contribution in [0.3, 0.4) is 0 Å². The Kier molecular flexibility index (Phi) is 10.5. The lowest BCUT2D eigenvalue weighted by Gasteiger charge is -2.38. The van der Waals surface area contributed by atoms with Gasteiger partial charge in [0.25, 0.3) is 0 Å². The lowest BCUT2D eigenvalue weighted by atomic mass is 9.85. The van der Waals surface area contributed by atoms with E-state index in [9.17, 15) is 4.79 Å². The van der Waals surface area contributed by atoms with Crippen LogP contribution in [0.15, 0.2) is 0 Å². The molecular formula is C21H41IN2O3. The molecule has 1 fully saturated rings. The monoisotopic (exact) mass is 496 g/mol. The van der Waals surface area contributed by atoms with E-state index in [0.717, 1.165) is 51.6 Å². The van der Waals surface area contributed by atoms with E-state index in [1.54, 1.807) is 7.11 Å². The van der Waals surface area contributed by atoms with Crippen molar-refractivity contribution in [3.05, 3.63) is 0 Å². The highest BCUT2D eigenvalue weighted by Crippen LogP contribution is 2.27. The smallest absolute Gasteiger partial charge is 0.237 e. The van der Waals surface area contributed by atoms with Crippen molar-refractivity contribution in [1.82, 2.24) is 10.2 Å². The quantitative estimate of drug-likeness (QED) is 0.398. The van der Waals surface area contributed by atoms with Gasteiger partial charge in [0.2, 0.25) is 5.91 Å². The van der Waals surface area contributed by atoms with Crippen molar-refractivity contribution in [1.29, 1.82) is 0 Å². The predicted octanol–water partition coefficient (Wildman–Crippen LogP) is 4.72. The zero-order valence-electron chi connectivity index (χ0n) is 18.4. The third kappa shape index (κ3) is 8.54. The van der Waals surface area contributed by atoms with E-state index < -0.39 is 0 Å². The summed E-state index contributed by atoms with van der Waals surface area (Å²) in [6.07, 6.45) is 6.21. The summed E-state index contributed by atoms with van der Waals surface area (Å²) in [5, 5.41) is 3.35. The summed E-state index contributed by atoms with van der Waals surface area (Å²) in [6.45, 7) is 14.8. The fourth-order valence-electron chi connectivity index (χ4n) is 4.15. The average Bonchev–Trinajstić information content (AvgIpc) is 3.08. The van der Waals surface area contributed by atoms with Crippen LogP contribution in [0.4, 0.5) is 0 Å². The fourth-order valence-corrected chi connectivity index (χ4v) is 4.36. The van der Waals surface area contributed by atoms with Gasteiger partial charge in [-0.1, -0.05) is 13.8 Å². The molecule has 27 heavy (non-hydrogen) atoms. The first-order valence-electron chi connectivity index (χ1n) is 10.4. The maximum absolute atomic E-state index is 13.1. The van der Waals surface area contributed by atoms with Gasteiger partial charge in [0.15, 0.2) is 0 Å². The van der Waals surface area contributed by atoms with Crippen LogP contribution in [-0.2, 0) is 12.6 Å². The molecule has 0 radical (unpaired) electrons. The lowest BCUT2D eigenvalue weighted by molar-refractivity contribution is -0.128. The van der Waals surface area contributed by atoms with Gasteiger partial charge in [0.1, 0.15) is 23.0 Å². The lowest BCUT2D eigenvalue weighted by Crippen LogP contribution is -2.55. The molecule has 1 heterocycles. The van der Waals surface area contributed by atoms with E-state index in [1.807, 2.05) is 23.0 Å². The van der Waals surface area contributed by atoms with Crippen LogP contribution in [-0.4, -0.2) is 54.3 Å². The summed E-state index contributed by atoms with van der Waals surface area (Å²) >= 11 is 1.98. The van der Waals surface area contributed by atoms with Gasteiger partial charge in [-0.25, -0.2) is 0 Å². The Bertz CT molecular complexity index is 461. The van der Waals surface area contributed by atoms with E-state index in [0.29, 0.717) is 5.92 Å². The fraction of sp³-hybridized carbons (Fsp3) is 0.952. The van der Waals surface area contributed by atoms with Gasteiger partial charge in [-0.3, -0.25) is 9.69 Å². The van der Waals surface area contributed by atoms with Crippen molar-refractivity contribution < 1.29 is 12.6 Å². The summed E-state index contributed by atoms with van der Waals surface area (Å²) in [5.74, 6) is 0.780. The van der Waals surface area contributed by atoms with Crippen molar-refractivity contribution in [3.8, 4) is 0 Å². The van der Waals surface area contributed by atoms with E-state index in [1.165, 1.54) is 0 Å². The molecule has 0 bridgehead atoms. The van der Waals surface area contributed by atoms with Crippen LogP contribution in [0.2, 0.25) is 0 Å². The second-order valence-electron chi connectivity index (χ2n) is 9.27. The predicted molar refractivity (Wildman–Crippen MR) is 120 cm³/mol. The minimum absolute atomic E-state index is 0.00646. The van der Waals surface area contributed by atoms with E-state index in [-0.39, 0.29) is 29.2 Å². The summed E-state index contributed by atoms with van der Waals surface area (Å²) in [5.41, 5.74) is -0.495. The van der Waals surface area contributed by atoms with Crippen LogP contribution in [0, 0.1) is 5.92 Å². The molecule has 0 aliphatic carbocycles. The molecule has 4 unspecified atom stereocenters. The highest BCUT2D eigenvalue weighted by Gasteiger charge is 2.37. The Morgan fingerprint density at radius 2 is 2.00 bits per heavy atom. The summed E-state index contributed by atoms with van der Waals surface area (Å²) in [7, 11) is 1.74. The minimum atomic E-state index is -0.250. The van der Waals surface area contributed by atoms with Crippen molar-refractivity contribution in [2.24, 2.45) is 5.92 Å². The van der Waals surface area contributed by atoms with Gasteiger partial charge >= 0.3 is 0 Å². The van der Waals surface area contributed by atoms with E-state index in [4.69, 9.17) is 7.80 Å². The average molecular weight is 496 g/mol. The van der Waals surface area contributed by atoms with Gasteiger partial charge in [0.05, 0.1) is 17.7 Å². The second-order valence-corrected chi connectivity index (χ2v) is 9.78. The number of rotatable bonds is 12. The van der Waals surface area contributed by atoms with Gasteiger partial charge in [0, 0.05) is 12.6 Å². The molecule has 1 aliphatic rings. The molecule has 1 N–H and O–H groups in total. The Labute approximate surface area is 181 Å². The molecule has 0 aromatic rings. The topological polar surface area (TPSA) is 50.8 Å². The van der Waals surface area contributed by atoms with Crippen LogP contribution in [0.1, 0.15) is 80.1 Å². The third-order valence-electron chi connectivity index (χ3n) is 6.04.